The second-order valence-electron chi connectivity index (χ2n) is 9.85. The largest absolute Gasteiger partial charge is 0.497 e. The van der Waals surface area contributed by atoms with Crippen molar-refractivity contribution in [2.75, 3.05) is 20.2 Å². The highest BCUT2D eigenvalue weighted by Crippen LogP contribution is 2.24. The van der Waals surface area contributed by atoms with Gasteiger partial charge in [0.2, 0.25) is 5.91 Å². The highest BCUT2D eigenvalue weighted by atomic mass is 32.2. The Morgan fingerprint density at radius 1 is 1.21 bits per heavy atom. The van der Waals surface area contributed by atoms with Crippen LogP contribution >= 0.6 is 0 Å². The Bertz CT molecular complexity index is 1450. The standard InChI is InChI=1S/C27H32N4O7S/c1-17(2)13-21(30-27(34)24-14-18-9-10-19(37-3)15-23(18)38-24)26(33)29-20-7-6-12-31(16-22(20)32)39(35,36)25-8-4-5-11-28-25/h4-5,8-11,14-15,17,20-21H,6-7,12-13,16H2,1-3H3,(H,29,33)(H,30,34)/t20?,21-/m0/s1. The van der Waals surface area contributed by atoms with Crippen LogP contribution in [0.1, 0.15) is 43.7 Å². The second-order valence-corrected chi connectivity index (χ2v) is 11.7. The van der Waals surface area contributed by atoms with Crippen LogP contribution in [0.25, 0.3) is 11.0 Å². The van der Waals surface area contributed by atoms with Crippen LogP contribution in [0.2, 0.25) is 0 Å². The fraction of sp³-hybridized carbons (Fsp3) is 0.407. The number of ether oxygens (including phenoxy) is 1. The fourth-order valence-electron chi connectivity index (χ4n) is 4.44. The van der Waals surface area contributed by atoms with Gasteiger partial charge in [-0.2, -0.15) is 4.31 Å². The van der Waals surface area contributed by atoms with E-state index in [1.807, 2.05) is 13.8 Å². The average molecular weight is 557 g/mol. The molecule has 39 heavy (non-hydrogen) atoms. The van der Waals surface area contributed by atoms with Gasteiger partial charge in [-0.3, -0.25) is 14.4 Å². The number of nitrogens with one attached hydrogen (secondary N) is 2. The number of furan rings is 1. The van der Waals surface area contributed by atoms with E-state index in [0.29, 0.717) is 29.6 Å². The first-order chi connectivity index (χ1) is 18.6. The minimum Gasteiger partial charge on any atom is -0.497 e. The van der Waals surface area contributed by atoms with Gasteiger partial charge in [0.05, 0.1) is 19.7 Å². The molecule has 2 atom stereocenters. The molecule has 1 aliphatic heterocycles. The van der Waals surface area contributed by atoms with E-state index in [-0.39, 0.29) is 36.2 Å². The molecule has 2 amide bonds. The quantitative estimate of drug-likeness (QED) is 0.409. The number of fused-ring (bicyclic) bond motifs is 1. The van der Waals surface area contributed by atoms with Crippen LogP contribution in [0.5, 0.6) is 5.75 Å². The number of benzene rings is 1. The van der Waals surface area contributed by atoms with Crippen molar-refractivity contribution < 1.29 is 32.0 Å². The minimum absolute atomic E-state index is 0.0423. The van der Waals surface area contributed by atoms with Gasteiger partial charge in [0.15, 0.2) is 16.6 Å². The third-order valence-electron chi connectivity index (χ3n) is 6.46. The van der Waals surface area contributed by atoms with E-state index in [4.69, 9.17) is 9.15 Å². The summed E-state index contributed by atoms with van der Waals surface area (Å²) in [5, 5.41) is 6.04. The molecule has 0 radical (unpaired) electrons. The number of hydrogen-bond acceptors (Lipinski definition) is 8. The lowest BCUT2D eigenvalue weighted by molar-refractivity contribution is -0.129. The minimum atomic E-state index is -3.95. The SMILES string of the molecule is COc1ccc2cc(C(=O)N[C@@H](CC(C)C)C(=O)NC3CCCN(S(=O)(=O)c4ccccn4)CC3=O)oc2c1. The van der Waals surface area contributed by atoms with E-state index in [2.05, 4.69) is 15.6 Å². The van der Waals surface area contributed by atoms with Crippen molar-refractivity contribution in [3.05, 3.63) is 54.4 Å². The van der Waals surface area contributed by atoms with Gasteiger partial charge in [0.1, 0.15) is 17.4 Å². The topological polar surface area (TPSA) is 148 Å². The number of hydrogen-bond donors (Lipinski definition) is 2. The molecule has 4 rings (SSSR count). The summed E-state index contributed by atoms with van der Waals surface area (Å²) >= 11 is 0. The van der Waals surface area contributed by atoms with E-state index in [1.165, 1.54) is 19.4 Å². The van der Waals surface area contributed by atoms with Crippen molar-refractivity contribution >= 4 is 38.6 Å². The van der Waals surface area contributed by atoms with E-state index >= 15 is 0 Å². The van der Waals surface area contributed by atoms with Gasteiger partial charge in [0, 0.05) is 24.2 Å². The number of rotatable bonds is 9. The average Bonchev–Trinajstić information content (AvgIpc) is 3.26. The van der Waals surface area contributed by atoms with E-state index in [1.54, 1.807) is 36.4 Å². The summed E-state index contributed by atoms with van der Waals surface area (Å²) in [6, 6.07) is 9.50. The number of sulfonamides is 1. The number of nitrogens with zero attached hydrogens (tertiary/aromatic N) is 2. The predicted octanol–water partition coefficient (Wildman–Crippen LogP) is 2.52. The van der Waals surface area contributed by atoms with Crippen molar-refractivity contribution in [3.8, 4) is 5.75 Å². The van der Waals surface area contributed by atoms with Gasteiger partial charge < -0.3 is 19.8 Å². The Morgan fingerprint density at radius 3 is 2.69 bits per heavy atom. The Hall–Kier alpha value is -3.77. The molecule has 1 saturated heterocycles. The Balaban J connectivity index is 1.44. The van der Waals surface area contributed by atoms with Crippen LogP contribution in [0.4, 0.5) is 0 Å². The zero-order valence-electron chi connectivity index (χ0n) is 22.0. The van der Waals surface area contributed by atoms with E-state index < -0.39 is 39.7 Å². The fourth-order valence-corrected chi connectivity index (χ4v) is 5.82. The van der Waals surface area contributed by atoms with Crippen molar-refractivity contribution in [1.29, 1.82) is 0 Å². The summed E-state index contributed by atoms with van der Waals surface area (Å²) in [4.78, 5) is 43.2. The lowest BCUT2D eigenvalue weighted by Gasteiger charge is -2.23. The maximum Gasteiger partial charge on any atom is 0.287 e. The van der Waals surface area contributed by atoms with Crippen LogP contribution in [0.15, 0.2) is 58.1 Å². The van der Waals surface area contributed by atoms with Gasteiger partial charge in [-0.25, -0.2) is 13.4 Å². The van der Waals surface area contributed by atoms with Crippen molar-refractivity contribution in [3.63, 3.8) is 0 Å². The van der Waals surface area contributed by atoms with Crippen LogP contribution in [0.3, 0.4) is 0 Å². The molecule has 2 aromatic heterocycles. The molecule has 3 aromatic rings. The normalized spacial score (nSPS) is 17.5. The third-order valence-corrected chi connectivity index (χ3v) is 8.22. The van der Waals surface area contributed by atoms with E-state index in [9.17, 15) is 22.8 Å². The van der Waals surface area contributed by atoms with Gasteiger partial charge in [0.25, 0.3) is 15.9 Å². The highest BCUT2D eigenvalue weighted by molar-refractivity contribution is 7.89. The molecule has 1 unspecified atom stereocenters. The summed E-state index contributed by atoms with van der Waals surface area (Å²) in [7, 11) is -2.42. The first kappa shape index (κ1) is 28.2. The molecule has 1 aliphatic rings. The molecule has 208 valence electrons. The number of carbonyl (C=O) groups is 3. The van der Waals surface area contributed by atoms with Crippen molar-refractivity contribution in [2.45, 2.75) is 50.2 Å². The zero-order valence-corrected chi connectivity index (χ0v) is 22.9. The molecule has 2 N–H and O–H groups in total. The number of methoxy groups -OCH3 is 1. The second kappa shape index (κ2) is 12.0. The predicted molar refractivity (Wildman–Crippen MR) is 143 cm³/mol. The lowest BCUT2D eigenvalue weighted by atomic mass is 10.0. The van der Waals surface area contributed by atoms with Gasteiger partial charge in [-0.05, 0) is 55.5 Å². The van der Waals surface area contributed by atoms with Gasteiger partial charge >= 0.3 is 0 Å². The molecule has 1 aromatic carbocycles. The Morgan fingerprint density at radius 2 is 2.00 bits per heavy atom. The lowest BCUT2D eigenvalue weighted by Crippen LogP contribution is -2.52. The molecular weight excluding hydrogens is 524 g/mol. The molecular formula is C27H32N4O7S. The van der Waals surface area contributed by atoms with E-state index in [0.717, 1.165) is 4.31 Å². The van der Waals surface area contributed by atoms with Crippen LogP contribution in [-0.2, 0) is 19.6 Å². The number of Topliss-reactive ketones (excluding diaryl/α,β-unsaturated/α-hetero) is 1. The summed E-state index contributed by atoms with van der Waals surface area (Å²) in [5.74, 6) is -0.827. The Kier molecular flexibility index (Phi) is 8.66. The summed E-state index contributed by atoms with van der Waals surface area (Å²) in [5.41, 5.74) is 0.471. The number of aromatic nitrogens is 1. The highest BCUT2D eigenvalue weighted by Gasteiger charge is 2.35. The number of carbonyl (C=O) groups excluding carboxylic acids is 3. The maximum absolute atomic E-state index is 13.3. The van der Waals surface area contributed by atoms with Gasteiger partial charge in [-0.1, -0.05) is 19.9 Å². The molecule has 0 aliphatic carbocycles. The molecule has 12 heteroatoms. The smallest absolute Gasteiger partial charge is 0.287 e. The van der Waals surface area contributed by atoms with Crippen molar-refractivity contribution in [1.82, 2.24) is 19.9 Å². The molecule has 11 nitrogen and oxygen atoms in total. The molecule has 0 bridgehead atoms. The summed E-state index contributed by atoms with van der Waals surface area (Å²) in [6.07, 6.45) is 2.34. The number of pyridine rings is 1. The van der Waals surface area contributed by atoms with Crippen LogP contribution < -0.4 is 15.4 Å². The number of amides is 2. The monoisotopic (exact) mass is 556 g/mol. The van der Waals surface area contributed by atoms with Gasteiger partial charge in [-0.15, -0.1) is 0 Å². The molecule has 0 spiro atoms. The zero-order chi connectivity index (χ0) is 28.2. The third kappa shape index (κ3) is 6.63. The Labute approximate surface area is 227 Å². The maximum atomic E-state index is 13.3. The molecule has 1 fully saturated rings. The number of ketones is 1. The summed E-state index contributed by atoms with van der Waals surface area (Å²) in [6.45, 7) is 3.57. The molecule has 3 heterocycles. The van der Waals surface area contributed by atoms with Crippen LogP contribution in [0, 0.1) is 5.92 Å². The van der Waals surface area contributed by atoms with Crippen LogP contribution in [-0.4, -0.2) is 67.6 Å². The first-order valence-electron chi connectivity index (χ1n) is 12.7. The summed E-state index contributed by atoms with van der Waals surface area (Å²) < 4.78 is 37.9. The first-order valence-corrected chi connectivity index (χ1v) is 14.1. The molecule has 0 saturated carbocycles. The van der Waals surface area contributed by atoms with Crippen molar-refractivity contribution in [2.24, 2.45) is 5.92 Å².